The van der Waals surface area contributed by atoms with Crippen LogP contribution in [0.25, 0.3) is 0 Å². The van der Waals surface area contributed by atoms with Gasteiger partial charge >= 0.3 is 11.9 Å². The van der Waals surface area contributed by atoms with Crippen molar-refractivity contribution in [3.63, 3.8) is 0 Å². The Morgan fingerprint density at radius 2 is 1.84 bits per heavy atom. The minimum absolute atomic E-state index is 0.184. The van der Waals surface area contributed by atoms with Gasteiger partial charge in [0.2, 0.25) is 0 Å². The van der Waals surface area contributed by atoms with E-state index < -0.39 is 0 Å². The fraction of sp³-hybridized carbons (Fsp3) is 0.600. The van der Waals surface area contributed by atoms with Gasteiger partial charge in [0.05, 0.1) is 6.61 Å². The van der Waals surface area contributed by atoms with Gasteiger partial charge in [-0.15, -0.1) is 0 Å². The van der Waals surface area contributed by atoms with Crippen molar-refractivity contribution in [2.24, 2.45) is 5.92 Å². The molecular weight excluding hydrogens is 340 g/mol. The summed E-state index contributed by atoms with van der Waals surface area (Å²) in [6, 6.07) is 5.07. The molecule has 0 saturated carbocycles. The molecule has 0 bridgehead atoms. The average molecular weight is 369 g/mol. The molecule has 0 amide bonds. The van der Waals surface area contributed by atoms with Gasteiger partial charge < -0.3 is 9.47 Å². The van der Waals surface area contributed by atoms with Gasteiger partial charge in [0.1, 0.15) is 5.75 Å². The number of ether oxygens (including phenoxy) is 2. The van der Waals surface area contributed by atoms with E-state index in [-0.39, 0.29) is 24.8 Å². The lowest BCUT2D eigenvalue weighted by Crippen LogP contribution is -2.14. The smallest absolute Gasteiger partial charge is 0.311 e. The highest BCUT2D eigenvalue weighted by Gasteiger charge is 2.12. The number of halogens is 1. The standard InChI is InChI=1S/C20H29ClO4/c1-4-6-8-16(5-2)14-24-19(22)9-7-10-20(23)25-17-11-12-18(21)15(3)13-17/h11-13,16H,4-10,14H2,1-3H3. The lowest BCUT2D eigenvalue weighted by molar-refractivity contribution is -0.145. The fourth-order valence-electron chi connectivity index (χ4n) is 2.42. The minimum Gasteiger partial charge on any atom is -0.465 e. The number of carbonyl (C=O) groups is 2. The molecule has 4 nitrogen and oxygen atoms in total. The first-order valence-electron chi connectivity index (χ1n) is 9.08. The Morgan fingerprint density at radius 1 is 1.12 bits per heavy atom. The lowest BCUT2D eigenvalue weighted by atomic mass is 10.0. The lowest BCUT2D eigenvalue weighted by Gasteiger charge is -2.14. The highest BCUT2D eigenvalue weighted by Crippen LogP contribution is 2.21. The van der Waals surface area contributed by atoms with E-state index >= 15 is 0 Å². The van der Waals surface area contributed by atoms with E-state index in [1.165, 1.54) is 0 Å². The molecule has 140 valence electrons. The third-order valence-electron chi connectivity index (χ3n) is 4.15. The van der Waals surface area contributed by atoms with Crippen LogP contribution in [0, 0.1) is 12.8 Å². The molecule has 0 aliphatic carbocycles. The Bertz CT molecular complexity index is 557. The van der Waals surface area contributed by atoms with E-state index in [9.17, 15) is 9.59 Å². The first kappa shape index (κ1) is 21.5. The second-order valence-corrected chi connectivity index (χ2v) is 6.75. The van der Waals surface area contributed by atoms with Gasteiger partial charge in [-0.25, -0.2) is 0 Å². The van der Waals surface area contributed by atoms with Crippen molar-refractivity contribution in [2.45, 2.75) is 65.7 Å². The monoisotopic (exact) mass is 368 g/mol. The molecule has 0 saturated heterocycles. The molecule has 25 heavy (non-hydrogen) atoms. The molecule has 0 aliphatic rings. The molecule has 0 heterocycles. The van der Waals surface area contributed by atoms with Crippen LogP contribution in [0.5, 0.6) is 5.75 Å². The first-order valence-corrected chi connectivity index (χ1v) is 9.46. The Hall–Kier alpha value is -1.55. The van der Waals surface area contributed by atoms with Crippen molar-refractivity contribution in [1.29, 1.82) is 0 Å². The molecule has 5 heteroatoms. The number of aryl methyl sites for hydroxylation is 1. The van der Waals surface area contributed by atoms with Crippen LogP contribution in [0.15, 0.2) is 18.2 Å². The fourth-order valence-corrected chi connectivity index (χ4v) is 2.54. The summed E-state index contributed by atoms with van der Waals surface area (Å²) >= 11 is 5.93. The van der Waals surface area contributed by atoms with Crippen LogP contribution in [0.2, 0.25) is 5.02 Å². The maximum Gasteiger partial charge on any atom is 0.311 e. The van der Waals surface area contributed by atoms with Crippen molar-refractivity contribution >= 4 is 23.5 Å². The zero-order valence-corrected chi connectivity index (χ0v) is 16.2. The molecule has 1 aromatic rings. The van der Waals surface area contributed by atoms with Crippen LogP contribution in [-0.4, -0.2) is 18.5 Å². The maximum atomic E-state index is 11.8. The number of benzene rings is 1. The molecule has 0 N–H and O–H groups in total. The molecule has 0 aromatic heterocycles. The van der Waals surface area contributed by atoms with Crippen LogP contribution >= 0.6 is 11.6 Å². The van der Waals surface area contributed by atoms with E-state index in [4.69, 9.17) is 21.1 Å². The molecule has 0 spiro atoms. The molecule has 0 aliphatic heterocycles. The van der Waals surface area contributed by atoms with Crippen molar-refractivity contribution in [3.8, 4) is 5.75 Å². The van der Waals surface area contributed by atoms with E-state index in [0.717, 1.165) is 31.2 Å². The van der Waals surface area contributed by atoms with Gasteiger partial charge in [-0.3, -0.25) is 9.59 Å². The topological polar surface area (TPSA) is 52.6 Å². The Balaban J connectivity index is 2.23. The molecular formula is C20H29ClO4. The van der Waals surface area contributed by atoms with E-state index in [1.807, 2.05) is 6.92 Å². The SMILES string of the molecule is CCCCC(CC)COC(=O)CCCC(=O)Oc1ccc(Cl)c(C)c1. The largest absolute Gasteiger partial charge is 0.465 e. The Kier molecular flexibility index (Phi) is 10.2. The van der Waals surface area contributed by atoms with Gasteiger partial charge in [-0.2, -0.15) is 0 Å². The van der Waals surface area contributed by atoms with Gasteiger partial charge in [-0.1, -0.05) is 44.7 Å². The second kappa shape index (κ2) is 11.9. The van der Waals surface area contributed by atoms with E-state index in [1.54, 1.807) is 18.2 Å². The maximum absolute atomic E-state index is 11.8. The number of carbonyl (C=O) groups excluding carboxylic acids is 2. The summed E-state index contributed by atoms with van der Waals surface area (Å²) < 4.78 is 10.6. The van der Waals surface area contributed by atoms with Crippen LogP contribution in [-0.2, 0) is 14.3 Å². The van der Waals surface area contributed by atoms with Crippen LogP contribution in [0.3, 0.4) is 0 Å². The summed E-state index contributed by atoms with van der Waals surface area (Å²) in [5.74, 6) is 0.298. The highest BCUT2D eigenvalue weighted by atomic mass is 35.5. The first-order chi connectivity index (χ1) is 12.0. The average Bonchev–Trinajstić information content (AvgIpc) is 2.58. The summed E-state index contributed by atoms with van der Waals surface area (Å²) in [6.07, 6.45) is 5.26. The zero-order chi connectivity index (χ0) is 18.7. The minimum atomic E-state index is -0.357. The molecule has 0 radical (unpaired) electrons. The van der Waals surface area contributed by atoms with E-state index in [2.05, 4.69) is 13.8 Å². The summed E-state index contributed by atoms with van der Waals surface area (Å²) in [6.45, 7) is 6.59. The van der Waals surface area contributed by atoms with Crippen LogP contribution < -0.4 is 4.74 Å². The highest BCUT2D eigenvalue weighted by molar-refractivity contribution is 6.31. The number of hydrogen-bond donors (Lipinski definition) is 0. The number of unbranched alkanes of at least 4 members (excludes halogenated alkanes) is 1. The van der Waals surface area contributed by atoms with Crippen molar-refractivity contribution in [2.75, 3.05) is 6.61 Å². The van der Waals surface area contributed by atoms with Crippen molar-refractivity contribution in [3.05, 3.63) is 28.8 Å². The van der Waals surface area contributed by atoms with E-state index in [0.29, 0.717) is 29.7 Å². The predicted octanol–water partition coefficient (Wildman–Crippen LogP) is 5.48. The second-order valence-electron chi connectivity index (χ2n) is 6.34. The molecule has 1 atom stereocenters. The summed E-state index contributed by atoms with van der Waals surface area (Å²) in [5.41, 5.74) is 0.851. The van der Waals surface area contributed by atoms with Crippen molar-refractivity contribution in [1.82, 2.24) is 0 Å². The van der Waals surface area contributed by atoms with Crippen LogP contribution in [0.4, 0.5) is 0 Å². The number of hydrogen-bond acceptors (Lipinski definition) is 4. The molecule has 1 aromatic carbocycles. The van der Waals surface area contributed by atoms with Gasteiger partial charge in [-0.05, 0) is 49.4 Å². The number of rotatable bonds is 11. The van der Waals surface area contributed by atoms with Gasteiger partial charge in [0, 0.05) is 17.9 Å². The van der Waals surface area contributed by atoms with Gasteiger partial charge in [0.25, 0.3) is 0 Å². The third-order valence-corrected chi connectivity index (χ3v) is 4.57. The molecule has 0 fully saturated rings. The zero-order valence-electron chi connectivity index (χ0n) is 15.5. The quantitative estimate of drug-likeness (QED) is 0.383. The predicted molar refractivity (Wildman–Crippen MR) is 99.9 cm³/mol. The van der Waals surface area contributed by atoms with Gasteiger partial charge in [0.15, 0.2) is 0 Å². The molecule has 1 rings (SSSR count). The Labute approximate surface area is 155 Å². The molecule has 1 unspecified atom stereocenters. The van der Waals surface area contributed by atoms with Crippen molar-refractivity contribution < 1.29 is 19.1 Å². The Morgan fingerprint density at radius 3 is 2.48 bits per heavy atom. The summed E-state index contributed by atoms with van der Waals surface area (Å²) in [5, 5.41) is 0.631. The third kappa shape index (κ3) is 8.92. The normalized spacial score (nSPS) is 11.8. The van der Waals surface area contributed by atoms with Crippen LogP contribution in [0.1, 0.15) is 64.4 Å². The number of esters is 2. The summed E-state index contributed by atoms with van der Waals surface area (Å²) in [4.78, 5) is 23.6. The summed E-state index contributed by atoms with van der Waals surface area (Å²) in [7, 11) is 0.